The van der Waals surface area contributed by atoms with E-state index in [1.54, 1.807) is 4.31 Å². The lowest BCUT2D eigenvalue weighted by Gasteiger charge is -2.32. The van der Waals surface area contributed by atoms with E-state index in [4.69, 9.17) is 5.73 Å². The Bertz CT molecular complexity index is 311. The zero-order chi connectivity index (χ0) is 11.7. The summed E-state index contributed by atoms with van der Waals surface area (Å²) in [4.78, 5) is 0. The lowest BCUT2D eigenvalue weighted by molar-refractivity contribution is 0.310. The molecule has 0 bridgehead atoms. The smallest absolute Gasteiger partial charge is 0.214 e. The molecule has 0 spiro atoms. The highest BCUT2D eigenvalue weighted by Crippen LogP contribution is 2.21. The van der Waals surface area contributed by atoms with Crippen molar-refractivity contribution in [1.82, 2.24) is 4.31 Å². The number of nitrogens with two attached hydrogens (primary N) is 1. The fraction of sp³-hybridized carbons (Fsp3) is 1.00. The maximum absolute atomic E-state index is 12.0. The van der Waals surface area contributed by atoms with Gasteiger partial charge >= 0.3 is 0 Å². The summed E-state index contributed by atoms with van der Waals surface area (Å²) in [7, 11) is -3.12. The van der Waals surface area contributed by atoms with Gasteiger partial charge in [-0.3, -0.25) is 0 Å². The van der Waals surface area contributed by atoms with Gasteiger partial charge in [0.15, 0.2) is 0 Å². The van der Waals surface area contributed by atoms with Crippen LogP contribution in [0.3, 0.4) is 0 Å². The van der Waals surface area contributed by atoms with Crippen molar-refractivity contribution in [3.05, 3.63) is 0 Å². The molecule has 1 rings (SSSR count). The molecule has 1 heterocycles. The van der Waals surface area contributed by atoms with Crippen LogP contribution in [0.15, 0.2) is 0 Å². The average molecular weight is 271 g/mol. The molecule has 0 amide bonds. The second kappa shape index (κ2) is 5.67. The summed E-state index contributed by atoms with van der Waals surface area (Å²) < 4.78 is 25.6. The summed E-state index contributed by atoms with van der Waals surface area (Å²) in [6.07, 6.45) is 1.81. The second-order valence-electron chi connectivity index (χ2n) is 5.58. The number of piperidine rings is 1. The zero-order valence-corrected chi connectivity index (χ0v) is 11.9. The molecule has 1 fully saturated rings. The molecule has 98 valence electrons. The van der Waals surface area contributed by atoms with Crippen molar-refractivity contribution in [3.8, 4) is 0 Å². The average Bonchev–Trinajstić information content (AvgIpc) is 1.99. The number of hydrogen-bond acceptors (Lipinski definition) is 3. The fourth-order valence-corrected chi connectivity index (χ4v) is 3.97. The highest BCUT2D eigenvalue weighted by molar-refractivity contribution is 7.89. The Morgan fingerprint density at radius 1 is 1.38 bits per heavy atom. The van der Waals surface area contributed by atoms with Crippen molar-refractivity contribution in [2.45, 2.75) is 39.7 Å². The predicted octanol–water partition coefficient (Wildman–Crippen LogP) is 1.21. The topological polar surface area (TPSA) is 63.4 Å². The maximum atomic E-state index is 12.0. The number of nitrogens with zero attached hydrogens (tertiary/aromatic N) is 1. The molecule has 2 N–H and O–H groups in total. The Morgan fingerprint density at radius 2 is 1.94 bits per heavy atom. The van der Waals surface area contributed by atoms with E-state index in [1.807, 2.05) is 20.8 Å². The maximum Gasteiger partial charge on any atom is 0.214 e. The summed E-state index contributed by atoms with van der Waals surface area (Å²) in [6.45, 7) is 6.93. The van der Waals surface area contributed by atoms with Gasteiger partial charge < -0.3 is 5.73 Å². The van der Waals surface area contributed by atoms with Gasteiger partial charge in [0.05, 0.1) is 5.75 Å². The van der Waals surface area contributed by atoms with Gasteiger partial charge in [0.25, 0.3) is 0 Å². The standard InChI is InChI=1S/C10H22N2O2S.ClH/c1-10(2,3)8-15(13,14)12-6-4-5-9(11)7-12;/h9H,4-8,11H2,1-3H3;1H. The Balaban J connectivity index is 0.00000225. The molecule has 1 aliphatic heterocycles. The third-order valence-corrected chi connectivity index (χ3v) is 4.78. The van der Waals surface area contributed by atoms with Crippen LogP contribution in [0.5, 0.6) is 0 Å². The Kier molecular flexibility index (Phi) is 5.72. The first-order valence-electron chi connectivity index (χ1n) is 5.44. The Hall–Kier alpha value is 0.160. The van der Waals surface area contributed by atoms with Crippen molar-refractivity contribution in [1.29, 1.82) is 0 Å². The van der Waals surface area contributed by atoms with Crippen LogP contribution in [0.25, 0.3) is 0 Å². The number of hydrogen-bond donors (Lipinski definition) is 1. The van der Waals surface area contributed by atoms with Crippen molar-refractivity contribution in [2.75, 3.05) is 18.8 Å². The third kappa shape index (κ3) is 4.99. The molecule has 6 heteroatoms. The van der Waals surface area contributed by atoms with Crippen LogP contribution in [0, 0.1) is 5.41 Å². The highest BCUT2D eigenvalue weighted by atomic mass is 35.5. The summed E-state index contributed by atoms with van der Waals surface area (Å²) in [5.41, 5.74) is 5.59. The summed E-state index contributed by atoms with van der Waals surface area (Å²) in [5.74, 6) is 0.201. The first kappa shape index (κ1) is 16.2. The molecule has 16 heavy (non-hydrogen) atoms. The lowest BCUT2D eigenvalue weighted by Crippen LogP contribution is -2.47. The number of rotatable bonds is 2. The highest BCUT2D eigenvalue weighted by Gasteiger charge is 2.30. The predicted molar refractivity (Wildman–Crippen MR) is 69.3 cm³/mol. The van der Waals surface area contributed by atoms with E-state index in [0.29, 0.717) is 13.1 Å². The molecule has 1 atom stereocenters. The monoisotopic (exact) mass is 270 g/mol. The van der Waals surface area contributed by atoms with Gasteiger partial charge in [-0.1, -0.05) is 20.8 Å². The molecule has 1 saturated heterocycles. The van der Waals surface area contributed by atoms with Gasteiger partial charge in [-0.05, 0) is 18.3 Å². The van der Waals surface area contributed by atoms with Gasteiger partial charge in [-0.2, -0.15) is 0 Å². The largest absolute Gasteiger partial charge is 0.327 e. The van der Waals surface area contributed by atoms with Gasteiger partial charge in [0.1, 0.15) is 0 Å². The van der Waals surface area contributed by atoms with Gasteiger partial charge in [-0.25, -0.2) is 12.7 Å². The zero-order valence-electron chi connectivity index (χ0n) is 10.3. The SMILES string of the molecule is CC(C)(C)CS(=O)(=O)N1CCCC(N)C1.Cl. The van der Waals surface area contributed by atoms with Crippen LogP contribution >= 0.6 is 12.4 Å². The van der Waals surface area contributed by atoms with E-state index in [1.165, 1.54) is 0 Å². The third-order valence-electron chi connectivity index (χ3n) is 2.43. The van der Waals surface area contributed by atoms with E-state index < -0.39 is 10.0 Å². The first-order valence-corrected chi connectivity index (χ1v) is 7.05. The van der Waals surface area contributed by atoms with E-state index in [9.17, 15) is 8.42 Å². The normalized spacial score (nSPS) is 23.9. The van der Waals surface area contributed by atoms with Crippen molar-refractivity contribution < 1.29 is 8.42 Å². The van der Waals surface area contributed by atoms with Crippen LogP contribution in [0.4, 0.5) is 0 Å². The van der Waals surface area contributed by atoms with E-state index in [-0.39, 0.29) is 29.6 Å². The van der Waals surface area contributed by atoms with Crippen LogP contribution in [-0.2, 0) is 10.0 Å². The molecule has 1 unspecified atom stereocenters. The van der Waals surface area contributed by atoms with E-state index in [0.717, 1.165) is 12.8 Å². The van der Waals surface area contributed by atoms with Gasteiger partial charge in [-0.15, -0.1) is 12.4 Å². The lowest BCUT2D eigenvalue weighted by atomic mass is 10.0. The Morgan fingerprint density at radius 3 is 2.38 bits per heavy atom. The minimum absolute atomic E-state index is 0. The van der Waals surface area contributed by atoms with Crippen molar-refractivity contribution >= 4 is 22.4 Å². The van der Waals surface area contributed by atoms with Crippen LogP contribution < -0.4 is 5.73 Å². The minimum atomic E-state index is -3.12. The number of sulfonamides is 1. The first-order chi connectivity index (χ1) is 6.71. The molecule has 0 saturated carbocycles. The van der Waals surface area contributed by atoms with Crippen molar-refractivity contribution in [3.63, 3.8) is 0 Å². The van der Waals surface area contributed by atoms with Crippen LogP contribution in [-0.4, -0.2) is 37.6 Å². The molecular weight excluding hydrogens is 248 g/mol. The van der Waals surface area contributed by atoms with E-state index >= 15 is 0 Å². The van der Waals surface area contributed by atoms with Crippen molar-refractivity contribution in [2.24, 2.45) is 11.1 Å². The van der Waals surface area contributed by atoms with Gasteiger partial charge in [0, 0.05) is 19.1 Å². The summed E-state index contributed by atoms with van der Waals surface area (Å²) >= 11 is 0. The van der Waals surface area contributed by atoms with Gasteiger partial charge in [0.2, 0.25) is 10.0 Å². The van der Waals surface area contributed by atoms with E-state index in [2.05, 4.69) is 0 Å². The minimum Gasteiger partial charge on any atom is -0.327 e. The van der Waals surface area contributed by atoms with Crippen LogP contribution in [0.1, 0.15) is 33.6 Å². The molecule has 0 aliphatic carbocycles. The molecule has 0 aromatic rings. The fourth-order valence-electron chi connectivity index (χ4n) is 1.87. The second-order valence-corrected chi connectivity index (χ2v) is 7.55. The Labute approximate surface area is 105 Å². The van der Waals surface area contributed by atoms with Crippen LogP contribution in [0.2, 0.25) is 0 Å². The summed E-state index contributed by atoms with van der Waals surface area (Å²) in [6, 6.07) is 0.00786. The molecule has 4 nitrogen and oxygen atoms in total. The molecule has 0 aromatic carbocycles. The molecule has 0 aromatic heterocycles. The quantitative estimate of drug-likeness (QED) is 0.820. The molecular formula is C10H23ClN2O2S. The summed E-state index contributed by atoms with van der Waals surface area (Å²) in [5, 5.41) is 0. The molecule has 0 radical (unpaired) electrons. The molecule has 1 aliphatic rings. The number of halogens is 1.